The van der Waals surface area contributed by atoms with Crippen LogP contribution in [0, 0.1) is 0 Å². The molecule has 8 nitrogen and oxygen atoms in total. The molecule has 10 heteroatoms. The molecule has 3 aromatic carbocycles. The maximum Gasteiger partial charge on any atom is 0.263 e. The molecule has 0 spiro atoms. The first-order chi connectivity index (χ1) is 15.4. The Morgan fingerprint density at radius 2 is 1.78 bits per heavy atom. The van der Waals surface area contributed by atoms with E-state index in [4.69, 9.17) is 25.8 Å². The molecule has 1 heterocycles. The van der Waals surface area contributed by atoms with Crippen molar-refractivity contribution in [2.45, 2.75) is 11.4 Å². The van der Waals surface area contributed by atoms with Gasteiger partial charge < -0.3 is 19.5 Å². The van der Waals surface area contributed by atoms with Gasteiger partial charge in [0.05, 0.1) is 12.1 Å². The molecule has 0 bridgehead atoms. The Bertz CT molecular complexity index is 1260. The third-order valence-electron chi connectivity index (χ3n) is 4.72. The van der Waals surface area contributed by atoms with Gasteiger partial charge in [-0.05, 0) is 60.2 Å². The van der Waals surface area contributed by atoms with Gasteiger partial charge in [0.25, 0.3) is 15.9 Å². The minimum absolute atomic E-state index is 0.00154. The van der Waals surface area contributed by atoms with E-state index in [-0.39, 0.29) is 28.8 Å². The van der Waals surface area contributed by atoms with Crippen molar-refractivity contribution >= 4 is 33.2 Å². The van der Waals surface area contributed by atoms with Gasteiger partial charge in [-0.3, -0.25) is 9.52 Å². The second kappa shape index (κ2) is 8.97. The minimum Gasteiger partial charge on any atom is -0.497 e. The standard InChI is InChI=1S/C22H19ClN2O6S/c1-29-17-6-4-16(5-7-17)25-32(27,28)21-11-15(3-8-18(21)23)22(26)24-12-14-2-9-19-20(10-14)31-13-30-19/h2-11,25H,12-13H2,1H3,(H,24,26). The van der Waals surface area contributed by atoms with Gasteiger partial charge in [-0.1, -0.05) is 17.7 Å². The third kappa shape index (κ3) is 4.74. The van der Waals surface area contributed by atoms with Crippen LogP contribution in [0.3, 0.4) is 0 Å². The number of nitrogens with one attached hydrogen (secondary N) is 2. The summed E-state index contributed by atoms with van der Waals surface area (Å²) in [6.45, 7) is 0.391. The molecule has 4 rings (SSSR count). The molecular formula is C22H19ClN2O6S. The third-order valence-corrected chi connectivity index (χ3v) is 6.58. The lowest BCUT2D eigenvalue weighted by atomic mass is 10.1. The Morgan fingerprint density at radius 1 is 1.03 bits per heavy atom. The van der Waals surface area contributed by atoms with Crippen molar-refractivity contribution in [1.29, 1.82) is 0 Å². The molecule has 0 fully saturated rings. The molecule has 2 N–H and O–H groups in total. The van der Waals surface area contributed by atoms with Gasteiger partial charge in [-0.2, -0.15) is 0 Å². The van der Waals surface area contributed by atoms with Gasteiger partial charge in [0.1, 0.15) is 10.6 Å². The van der Waals surface area contributed by atoms with Crippen molar-refractivity contribution in [1.82, 2.24) is 5.32 Å². The average molecular weight is 475 g/mol. The monoisotopic (exact) mass is 474 g/mol. The van der Waals surface area contributed by atoms with E-state index in [0.717, 1.165) is 5.56 Å². The van der Waals surface area contributed by atoms with Gasteiger partial charge in [-0.25, -0.2) is 8.42 Å². The van der Waals surface area contributed by atoms with Gasteiger partial charge in [-0.15, -0.1) is 0 Å². The van der Waals surface area contributed by atoms with E-state index in [0.29, 0.717) is 22.9 Å². The smallest absolute Gasteiger partial charge is 0.263 e. The van der Waals surface area contributed by atoms with Crippen LogP contribution in [-0.4, -0.2) is 28.2 Å². The molecule has 0 radical (unpaired) electrons. The second-order valence-electron chi connectivity index (χ2n) is 6.85. The average Bonchev–Trinajstić information content (AvgIpc) is 3.26. The molecule has 0 unspecified atom stereocenters. The lowest BCUT2D eigenvalue weighted by Gasteiger charge is -2.12. The Morgan fingerprint density at radius 3 is 2.53 bits per heavy atom. The second-order valence-corrected chi connectivity index (χ2v) is 8.91. The summed E-state index contributed by atoms with van der Waals surface area (Å²) in [5.41, 5.74) is 1.30. The number of carbonyl (C=O) groups is 1. The van der Waals surface area contributed by atoms with Crippen LogP contribution in [0.25, 0.3) is 0 Å². The van der Waals surface area contributed by atoms with Gasteiger partial charge in [0.2, 0.25) is 6.79 Å². The summed E-state index contributed by atoms with van der Waals surface area (Å²) in [6.07, 6.45) is 0. The maximum atomic E-state index is 12.9. The van der Waals surface area contributed by atoms with Crippen molar-refractivity contribution in [2.24, 2.45) is 0 Å². The quantitative estimate of drug-likeness (QED) is 0.539. The highest BCUT2D eigenvalue weighted by atomic mass is 35.5. The first-order valence-corrected chi connectivity index (χ1v) is 11.3. The molecule has 32 heavy (non-hydrogen) atoms. The predicted molar refractivity (Wildman–Crippen MR) is 119 cm³/mol. The van der Waals surface area contributed by atoms with E-state index in [1.54, 1.807) is 36.4 Å². The van der Waals surface area contributed by atoms with Crippen LogP contribution in [0.4, 0.5) is 5.69 Å². The van der Waals surface area contributed by atoms with Crippen molar-refractivity contribution in [3.8, 4) is 17.2 Å². The number of ether oxygens (including phenoxy) is 3. The number of rotatable bonds is 7. The number of fused-ring (bicyclic) bond motifs is 1. The first-order valence-electron chi connectivity index (χ1n) is 9.49. The summed E-state index contributed by atoms with van der Waals surface area (Å²) >= 11 is 6.13. The minimum atomic E-state index is -4.03. The van der Waals surface area contributed by atoms with Gasteiger partial charge >= 0.3 is 0 Å². The van der Waals surface area contributed by atoms with Gasteiger partial charge in [0, 0.05) is 17.8 Å². The molecule has 0 saturated carbocycles. The molecule has 0 atom stereocenters. The molecule has 0 saturated heterocycles. The lowest BCUT2D eigenvalue weighted by molar-refractivity contribution is 0.0950. The number of halogens is 1. The number of carbonyl (C=O) groups excluding carboxylic acids is 1. The fraction of sp³-hybridized carbons (Fsp3) is 0.136. The molecule has 0 aliphatic carbocycles. The van der Waals surface area contributed by atoms with Crippen LogP contribution in [0.15, 0.2) is 65.6 Å². The largest absolute Gasteiger partial charge is 0.497 e. The molecular weight excluding hydrogens is 456 g/mol. The zero-order valence-electron chi connectivity index (χ0n) is 16.9. The van der Waals surface area contributed by atoms with Gasteiger partial charge in [0.15, 0.2) is 11.5 Å². The maximum absolute atomic E-state index is 12.9. The number of benzene rings is 3. The zero-order valence-corrected chi connectivity index (χ0v) is 18.5. The number of methoxy groups -OCH3 is 1. The summed E-state index contributed by atoms with van der Waals surface area (Å²) in [7, 11) is -2.51. The normalized spacial score (nSPS) is 12.3. The summed E-state index contributed by atoms with van der Waals surface area (Å²) in [5, 5.41) is 2.76. The van der Waals surface area contributed by atoms with Crippen LogP contribution in [0.5, 0.6) is 17.2 Å². The molecule has 3 aromatic rings. The van der Waals surface area contributed by atoms with E-state index >= 15 is 0 Å². The number of amides is 1. The van der Waals surface area contributed by atoms with E-state index in [9.17, 15) is 13.2 Å². The number of hydrogen-bond acceptors (Lipinski definition) is 6. The Balaban J connectivity index is 1.49. The van der Waals surface area contributed by atoms with E-state index < -0.39 is 15.9 Å². The first kappa shape index (κ1) is 21.8. The van der Waals surface area contributed by atoms with Crippen LogP contribution in [-0.2, 0) is 16.6 Å². The fourth-order valence-electron chi connectivity index (χ4n) is 3.06. The van der Waals surface area contributed by atoms with Crippen LogP contribution < -0.4 is 24.2 Å². The predicted octanol–water partition coefficient (Wildman–Crippen LogP) is 3.81. The van der Waals surface area contributed by atoms with Crippen LogP contribution >= 0.6 is 11.6 Å². The highest BCUT2D eigenvalue weighted by Crippen LogP contribution is 2.32. The van der Waals surface area contributed by atoms with Crippen molar-refractivity contribution < 1.29 is 27.4 Å². The van der Waals surface area contributed by atoms with E-state index in [1.165, 1.54) is 25.3 Å². The summed E-state index contributed by atoms with van der Waals surface area (Å²) in [5.74, 6) is 1.41. The summed E-state index contributed by atoms with van der Waals surface area (Å²) in [6, 6.07) is 15.8. The van der Waals surface area contributed by atoms with Crippen LogP contribution in [0.2, 0.25) is 5.02 Å². The molecule has 1 aliphatic heterocycles. The highest BCUT2D eigenvalue weighted by molar-refractivity contribution is 7.92. The van der Waals surface area contributed by atoms with E-state index in [1.807, 2.05) is 6.07 Å². The Kier molecular flexibility index (Phi) is 6.11. The number of anilines is 1. The Labute approximate surface area is 190 Å². The van der Waals surface area contributed by atoms with Crippen molar-refractivity contribution in [3.63, 3.8) is 0 Å². The number of hydrogen-bond donors (Lipinski definition) is 2. The molecule has 0 aromatic heterocycles. The number of sulfonamides is 1. The van der Waals surface area contributed by atoms with Crippen molar-refractivity contribution in [3.05, 3.63) is 76.8 Å². The molecule has 166 valence electrons. The SMILES string of the molecule is COc1ccc(NS(=O)(=O)c2cc(C(=O)NCc3ccc4c(c3)OCO4)ccc2Cl)cc1. The lowest BCUT2D eigenvalue weighted by Crippen LogP contribution is -2.23. The molecule has 1 aliphatic rings. The molecule has 1 amide bonds. The zero-order chi connectivity index (χ0) is 22.7. The summed E-state index contributed by atoms with van der Waals surface area (Å²) in [4.78, 5) is 12.4. The topological polar surface area (TPSA) is 103 Å². The summed E-state index contributed by atoms with van der Waals surface area (Å²) < 4.78 is 43.8. The fourth-order valence-corrected chi connectivity index (χ4v) is 4.64. The Hall–Kier alpha value is -3.43. The van der Waals surface area contributed by atoms with Crippen molar-refractivity contribution in [2.75, 3.05) is 18.6 Å². The highest BCUT2D eigenvalue weighted by Gasteiger charge is 2.21. The van der Waals surface area contributed by atoms with E-state index in [2.05, 4.69) is 10.0 Å². The van der Waals surface area contributed by atoms with Crippen LogP contribution in [0.1, 0.15) is 15.9 Å².